The van der Waals surface area contributed by atoms with Gasteiger partial charge in [-0.3, -0.25) is 0 Å². The summed E-state index contributed by atoms with van der Waals surface area (Å²) in [6.45, 7) is 2.02. The molecule has 14 heavy (non-hydrogen) atoms. The fraction of sp³-hybridized carbons (Fsp3) is 0.100. The molecule has 0 radical (unpaired) electrons. The van der Waals surface area contributed by atoms with Gasteiger partial charge in [-0.25, -0.2) is 4.98 Å². The first-order valence-electron chi connectivity index (χ1n) is 4.24. The van der Waals surface area contributed by atoms with E-state index in [1.165, 1.54) is 4.88 Å². The van der Waals surface area contributed by atoms with Crippen LogP contribution in [0.15, 0.2) is 24.4 Å². The highest BCUT2D eigenvalue weighted by Crippen LogP contribution is 2.30. The number of rotatable bonds is 1. The van der Waals surface area contributed by atoms with Crippen molar-refractivity contribution in [2.24, 2.45) is 0 Å². The van der Waals surface area contributed by atoms with Crippen LogP contribution in [-0.2, 0) is 0 Å². The number of nitrogen functional groups attached to an aromatic ring is 2. The first-order chi connectivity index (χ1) is 6.66. The van der Waals surface area contributed by atoms with Crippen molar-refractivity contribution >= 4 is 22.7 Å². The van der Waals surface area contributed by atoms with Gasteiger partial charge in [0.1, 0.15) is 5.01 Å². The molecule has 1 aromatic heterocycles. The number of hydrogen-bond donors (Lipinski definition) is 2. The zero-order chi connectivity index (χ0) is 10.1. The highest BCUT2D eigenvalue weighted by Gasteiger charge is 2.06. The molecule has 4 heteroatoms. The van der Waals surface area contributed by atoms with Gasteiger partial charge in [0.15, 0.2) is 0 Å². The van der Waals surface area contributed by atoms with Crippen LogP contribution in [0.25, 0.3) is 10.6 Å². The molecule has 0 aliphatic heterocycles. The van der Waals surface area contributed by atoms with Gasteiger partial charge in [0.05, 0.1) is 0 Å². The second-order valence-electron chi connectivity index (χ2n) is 3.12. The predicted octanol–water partition coefficient (Wildman–Crippen LogP) is 2.28. The summed E-state index contributed by atoms with van der Waals surface area (Å²) >= 11 is 1.62. The molecular weight excluding hydrogens is 194 g/mol. The summed E-state index contributed by atoms with van der Waals surface area (Å²) in [5.41, 5.74) is 13.9. The van der Waals surface area contributed by atoms with Gasteiger partial charge < -0.3 is 11.5 Å². The molecular formula is C10H11N3S. The molecule has 0 unspecified atom stereocenters. The molecule has 72 valence electrons. The molecule has 2 aromatic rings. The van der Waals surface area contributed by atoms with Crippen LogP contribution >= 0.6 is 11.3 Å². The number of thiazole rings is 1. The predicted molar refractivity (Wildman–Crippen MR) is 61.1 cm³/mol. The minimum absolute atomic E-state index is 0.710. The molecule has 1 aromatic carbocycles. The maximum absolute atomic E-state index is 5.84. The first kappa shape index (κ1) is 9.02. The maximum atomic E-state index is 5.84. The molecule has 0 amide bonds. The van der Waals surface area contributed by atoms with E-state index in [1.54, 1.807) is 23.5 Å². The highest BCUT2D eigenvalue weighted by molar-refractivity contribution is 7.15. The number of aromatic nitrogens is 1. The second-order valence-corrected chi connectivity index (χ2v) is 4.36. The number of nitrogens with two attached hydrogens (primary N) is 2. The van der Waals surface area contributed by atoms with E-state index in [-0.39, 0.29) is 0 Å². The minimum Gasteiger partial charge on any atom is -0.399 e. The summed E-state index contributed by atoms with van der Waals surface area (Å²) < 4.78 is 0. The lowest BCUT2D eigenvalue weighted by atomic mass is 10.2. The van der Waals surface area contributed by atoms with Crippen LogP contribution < -0.4 is 11.5 Å². The SMILES string of the molecule is Cc1cnc(-c2cc(N)ccc2N)s1. The zero-order valence-electron chi connectivity index (χ0n) is 7.82. The topological polar surface area (TPSA) is 64.9 Å². The molecule has 1 heterocycles. The Morgan fingerprint density at radius 1 is 1.29 bits per heavy atom. The lowest BCUT2D eigenvalue weighted by Gasteiger charge is -2.02. The zero-order valence-corrected chi connectivity index (χ0v) is 8.64. The van der Waals surface area contributed by atoms with E-state index >= 15 is 0 Å². The minimum atomic E-state index is 0.710. The summed E-state index contributed by atoms with van der Waals surface area (Å²) in [5.74, 6) is 0. The Hall–Kier alpha value is -1.55. The van der Waals surface area contributed by atoms with Gasteiger partial charge in [-0.2, -0.15) is 0 Å². The average molecular weight is 205 g/mol. The van der Waals surface area contributed by atoms with Crippen LogP contribution in [0.1, 0.15) is 4.88 Å². The third-order valence-corrected chi connectivity index (χ3v) is 2.88. The molecule has 0 saturated carbocycles. The standard InChI is InChI=1S/C10H11N3S/c1-6-5-13-10(14-6)8-4-7(11)2-3-9(8)12/h2-5H,11-12H2,1H3. The van der Waals surface area contributed by atoms with E-state index in [9.17, 15) is 0 Å². The Kier molecular flexibility index (Phi) is 2.13. The van der Waals surface area contributed by atoms with Crippen molar-refractivity contribution in [3.05, 3.63) is 29.3 Å². The summed E-state index contributed by atoms with van der Waals surface area (Å²) in [7, 11) is 0. The lowest BCUT2D eigenvalue weighted by Crippen LogP contribution is -1.92. The third kappa shape index (κ3) is 1.56. The second kappa shape index (κ2) is 3.31. The monoisotopic (exact) mass is 205 g/mol. The largest absolute Gasteiger partial charge is 0.399 e. The van der Waals surface area contributed by atoms with Crippen molar-refractivity contribution in [1.82, 2.24) is 4.98 Å². The van der Waals surface area contributed by atoms with Gasteiger partial charge in [0, 0.05) is 28.0 Å². The Bertz CT molecular complexity index is 462. The van der Waals surface area contributed by atoms with Crippen molar-refractivity contribution in [1.29, 1.82) is 0 Å². The van der Waals surface area contributed by atoms with Gasteiger partial charge in [-0.05, 0) is 25.1 Å². The van der Waals surface area contributed by atoms with E-state index in [4.69, 9.17) is 11.5 Å². The van der Waals surface area contributed by atoms with Crippen molar-refractivity contribution in [3.8, 4) is 10.6 Å². The van der Waals surface area contributed by atoms with Crippen molar-refractivity contribution in [2.75, 3.05) is 11.5 Å². The molecule has 4 N–H and O–H groups in total. The first-order valence-corrected chi connectivity index (χ1v) is 5.06. The van der Waals surface area contributed by atoms with Crippen LogP contribution in [0.3, 0.4) is 0 Å². The van der Waals surface area contributed by atoms with Gasteiger partial charge in [-0.15, -0.1) is 11.3 Å². The maximum Gasteiger partial charge on any atom is 0.125 e. The molecule has 0 atom stereocenters. The van der Waals surface area contributed by atoms with E-state index in [1.807, 2.05) is 19.2 Å². The number of aryl methyl sites for hydroxylation is 1. The summed E-state index contributed by atoms with van der Waals surface area (Å²) in [5, 5.41) is 0.923. The Balaban J connectivity index is 2.55. The smallest absolute Gasteiger partial charge is 0.125 e. The lowest BCUT2D eigenvalue weighted by molar-refractivity contribution is 1.38. The molecule has 0 aliphatic carbocycles. The Labute approximate surface area is 86.4 Å². The molecule has 0 bridgehead atoms. The van der Waals surface area contributed by atoms with Crippen LogP contribution in [0.4, 0.5) is 11.4 Å². The fourth-order valence-corrected chi connectivity index (χ4v) is 2.04. The number of hydrogen-bond acceptors (Lipinski definition) is 4. The number of anilines is 2. The molecule has 0 saturated heterocycles. The van der Waals surface area contributed by atoms with E-state index < -0.39 is 0 Å². The molecule has 0 aliphatic rings. The van der Waals surface area contributed by atoms with Gasteiger partial charge >= 0.3 is 0 Å². The summed E-state index contributed by atoms with van der Waals surface area (Å²) in [4.78, 5) is 5.44. The Morgan fingerprint density at radius 2 is 2.07 bits per heavy atom. The van der Waals surface area contributed by atoms with Gasteiger partial charge in [0.25, 0.3) is 0 Å². The normalized spacial score (nSPS) is 10.4. The fourth-order valence-electron chi connectivity index (χ4n) is 1.24. The van der Waals surface area contributed by atoms with Crippen LogP contribution in [0.5, 0.6) is 0 Å². The number of nitrogens with zero attached hydrogens (tertiary/aromatic N) is 1. The van der Waals surface area contributed by atoms with E-state index in [0.717, 1.165) is 10.6 Å². The summed E-state index contributed by atoms with van der Waals surface area (Å²) in [6, 6.07) is 5.45. The Morgan fingerprint density at radius 3 is 2.71 bits per heavy atom. The van der Waals surface area contributed by atoms with Crippen molar-refractivity contribution < 1.29 is 0 Å². The molecule has 0 spiro atoms. The van der Waals surface area contributed by atoms with Crippen molar-refractivity contribution in [3.63, 3.8) is 0 Å². The van der Waals surface area contributed by atoms with E-state index in [0.29, 0.717) is 11.4 Å². The third-order valence-electron chi connectivity index (χ3n) is 1.93. The van der Waals surface area contributed by atoms with Gasteiger partial charge in [0.2, 0.25) is 0 Å². The molecule has 0 fully saturated rings. The molecule has 3 nitrogen and oxygen atoms in total. The number of benzene rings is 1. The van der Waals surface area contributed by atoms with Gasteiger partial charge in [-0.1, -0.05) is 0 Å². The van der Waals surface area contributed by atoms with Crippen LogP contribution in [0, 0.1) is 6.92 Å². The summed E-state index contributed by atoms with van der Waals surface area (Å²) in [6.07, 6.45) is 1.84. The average Bonchev–Trinajstić information content (AvgIpc) is 2.56. The highest BCUT2D eigenvalue weighted by atomic mass is 32.1. The van der Waals surface area contributed by atoms with Crippen LogP contribution in [0.2, 0.25) is 0 Å². The van der Waals surface area contributed by atoms with E-state index in [2.05, 4.69) is 4.98 Å². The quantitative estimate of drug-likeness (QED) is 0.702. The van der Waals surface area contributed by atoms with Crippen LogP contribution in [-0.4, -0.2) is 4.98 Å². The van der Waals surface area contributed by atoms with Crippen molar-refractivity contribution in [2.45, 2.75) is 6.92 Å². The molecule has 2 rings (SSSR count).